The molecule has 0 saturated carbocycles. The van der Waals surface area contributed by atoms with Crippen molar-refractivity contribution in [1.82, 2.24) is 10.2 Å². The summed E-state index contributed by atoms with van der Waals surface area (Å²) in [5.41, 5.74) is 10.8. The Hall–Kier alpha value is -9.79. The van der Waals surface area contributed by atoms with Crippen molar-refractivity contribution in [3.8, 4) is 68.0 Å². The number of aromatic hydroxyl groups is 2. The van der Waals surface area contributed by atoms with Crippen molar-refractivity contribution in [3.05, 3.63) is 267 Å². The molecule has 0 bridgehead atoms. The van der Waals surface area contributed by atoms with Crippen LogP contribution in [0.25, 0.3) is 66.6 Å². The zero-order chi connectivity index (χ0) is 49.6. The lowest BCUT2D eigenvalue weighted by Crippen LogP contribution is -2.85. The van der Waals surface area contributed by atoms with Crippen molar-refractivity contribution in [3.63, 3.8) is 0 Å². The summed E-state index contributed by atoms with van der Waals surface area (Å²) in [6, 6.07) is 88.8. The van der Waals surface area contributed by atoms with E-state index in [1.54, 1.807) is 12.1 Å². The molecule has 2 aromatic heterocycles. The van der Waals surface area contributed by atoms with Crippen LogP contribution >= 0.6 is 0 Å². The summed E-state index contributed by atoms with van der Waals surface area (Å²) in [7, 11) is 0. The Bertz CT molecular complexity index is 3730. The van der Waals surface area contributed by atoms with E-state index in [0.29, 0.717) is 22.5 Å². The highest BCUT2D eigenvalue weighted by Gasteiger charge is 2.54. The van der Waals surface area contributed by atoms with Gasteiger partial charge in [0.15, 0.2) is 11.4 Å². The molecule has 4 heterocycles. The summed E-state index contributed by atoms with van der Waals surface area (Å²) in [5.74, 6) is 2.01. The fourth-order valence-corrected chi connectivity index (χ4v) is 11.3. The maximum atomic E-state index is 10.9. The molecule has 352 valence electrons. The van der Waals surface area contributed by atoms with E-state index in [1.165, 1.54) is 0 Å². The van der Waals surface area contributed by atoms with Gasteiger partial charge < -0.3 is 19.5 Å². The first kappa shape index (κ1) is 44.2. The molecule has 74 heavy (non-hydrogen) atoms. The van der Waals surface area contributed by atoms with Gasteiger partial charge in [0.25, 0.3) is 0 Å². The monoisotopic (exact) mass is 956 g/mol. The first-order valence-corrected chi connectivity index (χ1v) is 24.9. The summed E-state index contributed by atoms with van der Waals surface area (Å²) in [4.78, 5) is 0. The Morgan fingerprint density at radius 2 is 0.554 bits per heavy atom. The molecule has 14 rings (SSSR count). The quantitative estimate of drug-likeness (QED) is 0.161. The van der Waals surface area contributed by atoms with Gasteiger partial charge in [0, 0.05) is 21.9 Å². The van der Waals surface area contributed by atoms with Gasteiger partial charge in [-0.05, 0) is 60.7 Å². The minimum Gasteiger partial charge on any atom is -0.649 e. The van der Waals surface area contributed by atoms with Crippen LogP contribution in [0.4, 0.5) is 0 Å². The molecule has 2 N–H and O–H groups in total. The third kappa shape index (κ3) is 7.02. The van der Waals surface area contributed by atoms with E-state index in [9.17, 15) is 10.2 Å². The van der Waals surface area contributed by atoms with Crippen molar-refractivity contribution in [2.45, 2.75) is 0 Å². The molecule has 0 atom stereocenters. The van der Waals surface area contributed by atoms with E-state index >= 15 is 0 Å². The second-order valence-corrected chi connectivity index (χ2v) is 18.8. The van der Waals surface area contributed by atoms with Crippen molar-refractivity contribution in [2.75, 3.05) is 0 Å². The van der Waals surface area contributed by atoms with Crippen molar-refractivity contribution in [2.24, 2.45) is 0 Å². The summed E-state index contributed by atoms with van der Waals surface area (Å²) >= 11 is 0. The molecule has 0 fully saturated rings. The number of aromatic nitrogens is 4. The van der Waals surface area contributed by atoms with Crippen LogP contribution in [0.5, 0.6) is 23.0 Å². The van der Waals surface area contributed by atoms with Gasteiger partial charge in [-0.1, -0.05) is 238 Å². The van der Waals surface area contributed by atoms with Crippen LogP contribution in [-0.2, 0) is 0 Å². The number of nitrogens with zero attached hydrogens (tertiary/aromatic N) is 4. The number of rotatable bonds is 6. The van der Waals surface area contributed by atoms with Gasteiger partial charge >= 0.3 is 13.0 Å². The fourth-order valence-electron chi connectivity index (χ4n) is 11.3. The highest BCUT2D eigenvalue weighted by atomic mass is 16.5. The maximum absolute atomic E-state index is 10.9. The van der Waals surface area contributed by atoms with Gasteiger partial charge in [0.2, 0.25) is 0 Å². The van der Waals surface area contributed by atoms with E-state index in [0.717, 1.165) is 77.4 Å². The smallest absolute Gasteiger partial charge is 0.537 e. The zero-order valence-electron chi connectivity index (χ0n) is 40.1. The number of hydrogen-bond donors (Lipinski definition) is 2. The third-order valence-corrected chi connectivity index (χ3v) is 14.6. The lowest BCUT2D eigenvalue weighted by molar-refractivity contribution is -0.606. The van der Waals surface area contributed by atoms with Crippen LogP contribution in [-0.4, -0.2) is 33.4 Å². The SMILES string of the molecule is Oc1ccccc1-c1n[n+]2c(c3ccccc13)-c1ccccc1O[B-]2(c1ccccc1)c1ccccc1.Oc1ccccc1-c1n[n+]2c(c3ccccc13)-c1ccccc1O[B-]2(c1ccccc1)c1ccccc1. The number of phenolic OH excluding ortho intramolecular Hbond substituents is 2. The van der Waals surface area contributed by atoms with E-state index in [1.807, 2.05) is 158 Å². The van der Waals surface area contributed by atoms with Crippen molar-refractivity contribution in [1.29, 1.82) is 0 Å². The number of fused-ring (bicyclic) bond motifs is 10. The van der Waals surface area contributed by atoms with E-state index in [2.05, 4.69) is 106 Å². The minimum atomic E-state index is -2.02. The second kappa shape index (κ2) is 18.1. The molecule has 8 nitrogen and oxygen atoms in total. The zero-order valence-corrected chi connectivity index (χ0v) is 40.1. The average molecular weight is 957 g/mol. The number of phenols is 2. The molecule has 0 aliphatic carbocycles. The van der Waals surface area contributed by atoms with Crippen LogP contribution in [0.15, 0.2) is 267 Å². The number of para-hydroxylation sites is 4. The van der Waals surface area contributed by atoms with Crippen LogP contribution in [0.3, 0.4) is 0 Å². The summed E-state index contributed by atoms with van der Waals surface area (Å²) in [5, 5.41) is 36.5. The lowest BCUT2D eigenvalue weighted by Gasteiger charge is -2.40. The minimum absolute atomic E-state index is 0.190. The highest BCUT2D eigenvalue weighted by molar-refractivity contribution is 6.92. The largest absolute Gasteiger partial charge is 0.649 e. The fraction of sp³-hybridized carbons (Fsp3) is 0. The van der Waals surface area contributed by atoms with Crippen LogP contribution < -0.4 is 40.3 Å². The van der Waals surface area contributed by atoms with Gasteiger partial charge in [0.05, 0.1) is 33.4 Å². The molecule has 10 aromatic carbocycles. The van der Waals surface area contributed by atoms with Crippen LogP contribution in [0.1, 0.15) is 0 Å². The molecular weight excluding hydrogens is 910 g/mol. The molecule has 10 heteroatoms. The molecule has 12 aromatic rings. The molecule has 0 radical (unpaired) electrons. The predicted octanol–water partition coefficient (Wildman–Crippen LogP) is 10.1. The lowest BCUT2D eigenvalue weighted by atomic mass is 9.41. The van der Waals surface area contributed by atoms with Crippen molar-refractivity contribution < 1.29 is 28.7 Å². The molecule has 0 amide bonds. The topological polar surface area (TPSA) is 92.5 Å². The van der Waals surface area contributed by atoms with Crippen LogP contribution in [0, 0.1) is 0 Å². The Labute approximate surface area is 428 Å². The van der Waals surface area contributed by atoms with Crippen molar-refractivity contribution >= 4 is 56.4 Å². The Kier molecular flexibility index (Phi) is 10.8. The van der Waals surface area contributed by atoms with E-state index < -0.39 is 13.0 Å². The molecule has 0 saturated heterocycles. The third-order valence-electron chi connectivity index (χ3n) is 14.6. The van der Waals surface area contributed by atoms with E-state index in [-0.39, 0.29) is 11.5 Å². The summed E-state index contributed by atoms with van der Waals surface area (Å²) in [6.07, 6.45) is 0. The van der Waals surface area contributed by atoms with Gasteiger partial charge in [-0.3, -0.25) is 9.19 Å². The highest BCUT2D eigenvalue weighted by Crippen LogP contribution is 2.43. The first-order valence-electron chi connectivity index (χ1n) is 24.9. The summed E-state index contributed by atoms with van der Waals surface area (Å²) < 4.78 is 18.3. The molecule has 2 aliphatic heterocycles. The number of benzene rings is 10. The molecule has 0 unspecified atom stereocenters. The van der Waals surface area contributed by atoms with Gasteiger partial charge in [-0.25, -0.2) is 0 Å². The number of hydrogen-bond acceptors (Lipinski definition) is 6. The Morgan fingerprint density at radius 3 is 0.892 bits per heavy atom. The standard InChI is InChI=1S/2C32H23BN2O2/c2*36-29-21-11-9-19-27(29)31-25-17-7-8-18-26(25)32-28-20-10-12-22-30(28)37-33(35(32)34-31,23-13-3-1-4-14-23)24-15-5-2-6-16-24/h2*1-22,36H. The van der Waals surface area contributed by atoms with Crippen LogP contribution in [0.2, 0.25) is 0 Å². The van der Waals surface area contributed by atoms with Gasteiger partial charge in [-0.2, -0.15) is 0 Å². The maximum Gasteiger partial charge on any atom is 0.537 e. The molecule has 0 spiro atoms. The Balaban J connectivity index is 0.000000143. The second-order valence-electron chi connectivity index (χ2n) is 18.8. The molecule has 2 aliphatic rings. The van der Waals surface area contributed by atoms with Gasteiger partial charge in [0.1, 0.15) is 22.9 Å². The van der Waals surface area contributed by atoms with E-state index in [4.69, 9.17) is 19.5 Å². The Morgan fingerprint density at radius 1 is 0.284 bits per heavy atom. The summed E-state index contributed by atoms with van der Waals surface area (Å²) in [6.45, 7) is -4.05. The first-order chi connectivity index (χ1) is 36.5. The molecular formula is C64H46B2N4O4. The predicted molar refractivity (Wildman–Crippen MR) is 297 cm³/mol. The normalized spacial score (nSPS) is 13.4. The average Bonchev–Trinajstić information content (AvgIpc) is 3.53. The van der Waals surface area contributed by atoms with Gasteiger partial charge in [-0.15, -0.1) is 0 Å².